The molecule has 0 N–H and O–H groups in total. The highest BCUT2D eigenvalue weighted by Gasteiger charge is 2.02. The summed E-state index contributed by atoms with van der Waals surface area (Å²) in [5, 5.41) is 2.70. The summed E-state index contributed by atoms with van der Waals surface area (Å²) in [5.74, 6) is 0. The Labute approximate surface area is 143 Å². The van der Waals surface area contributed by atoms with Crippen LogP contribution >= 0.6 is 0 Å². The van der Waals surface area contributed by atoms with Gasteiger partial charge in [0.15, 0.2) is 0 Å². The lowest BCUT2D eigenvalue weighted by Gasteiger charge is -2.08. The molecular weight excluding hydrogens is 288 g/mol. The maximum Gasteiger partial charge on any atom is -0.0152 e. The van der Waals surface area contributed by atoms with Crippen LogP contribution in [0.2, 0.25) is 0 Å². The Hall–Kier alpha value is -2.86. The molecule has 4 aromatic rings. The van der Waals surface area contributed by atoms with E-state index < -0.39 is 0 Å². The average molecular weight is 308 g/mol. The molecule has 0 fully saturated rings. The fourth-order valence-corrected chi connectivity index (χ4v) is 3.28. The number of rotatable bonds is 4. The first-order valence-corrected chi connectivity index (χ1v) is 8.51. The largest absolute Gasteiger partial charge is 0.0622 e. The van der Waals surface area contributed by atoms with Gasteiger partial charge in [-0.05, 0) is 45.9 Å². The van der Waals surface area contributed by atoms with Gasteiger partial charge in [-0.2, -0.15) is 0 Å². The van der Waals surface area contributed by atoms with Crippen LogP contribution in [0.4, 0.5) is 0 Å². The Balaban J connectivity index is 1.52. The topological polar surface area (TPSA) is 0 Å². The molecule has 24 heavy (non-hydrogen) atoms. The third-order valence-electron chi connectivity index (χ3n) is 4.62. The fraction of sp³-hybridized carbons (Fsp3) is 0.0833. The van der Waals surface area contributed by atoms with Crippen LogP contribution in [0.3, 0.4) is 0 Å². The molecule has 4 rings (SSSR count). The molecule has 0 saturated carbocycles. The number of hydrogen-bond acceptors (Lipinski definition) is 0. The summed E-state index contributed by atoms with van der Waals surface area (Å²) >= 11 is 0. The lowest BCUT2D eigenvalue weighted by Crippen LogP contribution is -1.92. The maximum atomic E-state index is 2.26. The first-order valence-electron chi connectivity index (χ1n) is 8.51. The Kier molecular flexibility index (Phi) is 4.12. The van der Waals surface area contributed by atoms with Gasteiger partial charge in [-0.3, -0.25) is 0 Å². The van der Waals surface area contributed by atoms with E-state index in [2.05, 4.69) is 97.1 Å². The molecule has 0 aliphatic heterocycles. The van der Waals surface area contributed by atoms with E-state index in [1.807, 2.05) is 0 Å². The zero-order valence-electron chi connectivity index (χ0n) is 13.7. The molecule has 0 heterocycles. The standard InChI is InChI=1S/C24H20/c1-2-7-20(8-3-1)21-16-13-19(14-17-21)15-18-23-11-6-10-22-9-4-5-12-24(22)23/h1-14,16-17H,15,18H2. The van der Waals surface area contributed by atoms with Crippen LogP contribution in [0.5, 0.6) is 0 Å². The summed E-state index contributed by atoms with van der Waals surface area (Å²) in [6, 6.07) is 34.8. The third-order valence-corrected chi connectivity index (χ3v) is 4.62. The molecule has 0 bridgehead atoms. The van der Waals surface area contributed by atoms with Crippen molar-refractivity contribution < 1.29 is 0 Å². The quantitative estimate of drug-likeness (QED) is 0.415. The number of benzene rings is 4. The summed E-state index contributed by atoms with van der Waals surface area (Å²) < 4.78 is 0. The number of fused-ring (bicyclic) bond motifs is 1. The van der Waals surface area contributed by atoms with Gasteiger partial charge in [0.2, 0.25) is 0 Å². The first-order chi connectivity index (χ1) is 11.9. The molecular formula is C24H20. The van der Waals surface area contributed by atoms with Crippen LogP contribution < -0.4 is 0 Å². The van der Waals surface area contributed by atoms with Crippen molar-refractivity contribution in [2.24, 2.45) is 0 Å². The molecule has 116 valence electrons. The van der Waals surface area contributed by atoms with Gasteiger partial charge in [-0.25, -0.2) is 0 Å². The molecule has 0 saturated heterocycles. The van der Waals surface area contributed by atoms with E-state index in [9.17, 15) is 0 Å². The summed E-state index contributed by atoms with van der Waals surface area (Å²) in [7, 11) is 0. The summed E-state index contributed by atoms with van der Waals surface area (Å²) in [4.78, 5) is 0. The fourth-order valence-electron chi connectivity index (χ4n) is 3.28. The van der Waals surface area contributed by atoms with Crippen LogP contribution in [-0.2, 0) is 12.8 Å². The van der Waals surface area contributed by atoms with Crippen molar-refractivity contribution in [3.05, 3.63) is 108 Å². The van der Waals surface area contributed by atoms with Crippen molar-refractivity contribution >= 4 is 10.8 Å². The minimum Gasteiger partial charge on any atom is -0.0622 e. The molecule has 0 heteroatoms. The van der Waals surface area contributed by atoms with Gasteiger partial charge in [0, 0.05) is 0 Å². The highest BCUT2D eigenvalue weighted by Crippen LogP contribution is 2.22. The van der Waals surface area contributed by atoms with E-state index in [4.69, 9.17) is 0 Å². The lowest BCUT2D eigenvalue weighted by molar-refractivity contribution is 0.969. The second kappa shape index (κ2) is 6.72. The van der Waals surface area contributed by atoms with Gasteiger partial charge in [0.05, 0.1) is 0 Å². The first kappa shape index (κ1) is 14.7. The Morgan fingerprint density at radius 3 is 1.96 bits per heavy atom. The van der Waals surface area contributed by atoms with Crippen LogP contribution in [0.1, 0.15) is 11.1 Å². The van der Waals surface area contributed by atoms with Gasteiger partial charge in [0.1, 0.15) is 0 Å². The molecule has 0 amide bonds. The second-order valence-electron chi connectivity index (χ2n) is 6.20. The normalized spacial score (nSPS) is 10.8. The zero-order chi connectivity index (χ0) is 16.2. The molecule has 0 aliphatic rings. The highest BCUT2D eigenvalue weighted by molar-refractivity contribution is 5.85. The predicted molar refractivity (Wildman–Crippen MR) is 103 cm³/mol. The number of hydrogen-bond donors (Lipinski definition) is 0. The molecule has 0 unspecified atom stereocenters. The Morgan fingerprint density at radius 1 is 0.458 bits per heavy atom. The molecule has 0 aromatic heterocycles. The van der Waals surface area contributed by atoms with E-state index in [0.717, 1.165) is 12.8 Å². The van der Waals surface area contributed by atoms with Crippen molar-refractivity contribution in [2.45, 2.75) is 12.8 Å². The summed E-state index contributed by atoms with van der Waals surface area (Å²) in [5.41, 5.74) is 5.38. The van der Waals surface area contributed by atoms with E-state index in [1.165, 1.54) is 33.0 Å². The van der Waals surface area contributed by atoms with Crippen LogP contribution in [-0.4, -0.2) is 0 Å². The average Bonchev–Trinajstić information content (AvgIpc) is 2.67. The predicted octanol–water partition coefficient (Wildman–Crippen LogP) is 6.29. The summed E-state index contributed by atoms with van der Waals surface area (Å²) in [6.07, 6.45) is 2.15. The SMILES string of the molecule is c1ccc(-c2ccc(CCc3cccc4ccccc34)cc2)cc1. The molecule has 0 aliphatic carbocycles. The zero-order valence-corrected chi connectivity index (χ0v) is 13.7. The Bertz CT molecular complexity index is 929. The second-order valence-corrected chi connectivity index (χ2v) is 6.20. The highest BCUT2D eigenvalue weighted by atomic mass is 14.1. The van der Waals surface area contributed by atoms with E-state index >= 15 is 0 Å². The van der Waals surface area contributed by atoms with Gasteiger partial charge in [-0.15, -0.1) is 0 Å². The molecule has 4 aromatic carbocycles. The van der Waals surface area contributed by atoms with E-state index in [0.29, 0.717) is 0 Å². The van der Waals surface area contributed by atoms with Crippen molar-refractivity contribution in [3.8, 4) is 11.1 Å². The third kappa shape index (κ3) is 3.09. The smallest absolute Gasteiger partial charge is 0.0152 e. The maximum absolute atomic E-state index is 2.26. The van der Waals surface area contributed by atoms with Crippen LogP contribution in [0.15, 0.2) is 97.1 Å². The number of aryl methyl sites for hydroxylation is 2. The van der Waals surface area contributed by atoms with Crippen molar-refractivity contribution in [3.63, 3.8) is 0 Å². The van der Waals surface area contributed by atoms with Crippen LogP contribution in [0, 0.1) is 0 Å². The van der Waals surface area contributed by atoms with Crippen molar-refractivity contribution in [2.75, 3.05) is 0 Å². The lowest BCUT2D eigenvalue weighted by atomic mass is 9.97. The van der Waals surface area contributed by atoms with Gasteiger partial charge < -0.3 is 0 Å². The minimum atomic E-state index is 1.07. The monoisotopic (exact) mass is 308 g/mol. The van der Waals surface area contributed by atoms with Crippen LogP contribution in [0.25, 0.3) is 21.9 Å². The van der Waals surface area contributed by atoms with Crippen molar-refractivity contribution in [1.82, 2.24) is 0 Å². The Morgan fingerprint density at radius 2 is 1.12 bits per heavy atom. The van der Waals surface area contributed by atoms with E-state index in [-0.39, 0.29) is 0 Å². The van der Waals surface area contributed by atoms with Crippen molar-refractivity contribution in [1.29, 1.82) is 0 Å². The van der Waals surface area contributed by atoms with Gasteiger partial charge in [-0.1, -0.05) is 97.1 Å². The molecule has 0 nitrogen and oxygen atoms in total. The van der Waals surface area contributed by atoms with Gasteiger partial charge in [0.25, 0.3) is 0 Å². The molecule has 0 spiro atoms. The van der Waals surface area contributed by atoms with Gasteiger partial charge >= 0.3 is 0 Å². The summed E-state index contributed by atoms with van der Waals surface area (Å²) in [6.45, 7) is 0. The molecule has 0 atom stereocenters. The minimum absolute atomic E-state index is 1.07. The van der Waals surface area contributed by atoms with E-state index in [1.54, 1.807) is 0 Å². The molecule has 0 radical (unpaired) electrons.